The summed E-state index contributed by atoms with van der Waals surface area (Å²) in [6.45, 7) is 2.52. The van der Waals surface area contributed by atoms with Crippen molar-refractivity contribution in [3.63, 3.8) is 0 Å². The van der Waals surface area contributed by atoms with Gasteiger partial charge in [0.2, 0.25) is 0 Å². The van der Waals surface area contributed by atoms with E-state index < -0.39 is 0 Å². The van der Waals surface area contributed by atoms with Crippen molar-refractivity contribution in [2.75, 3.05) is 33.7 Å². The molecule has 0 aliphatic rings. The molecule has 5 heteroatoms. The fraction of sp³-hybridized carbons (Fsp3) is 0.462. The van der Waals surface area contributed by atoms with Gasteiger partial charge in [-0.3, -0.25) is 0 Å². The minimum absolute atomic E-state index is 0.201. The van der Waals surface area contributed by atoms with Crippen molar-refractivity contribution in [3.8, 4) is 0 Å². The third-order valence-electron chi connectivity index (χ3n) is 2.46. The van der Waals surface area contributed by atoms with Gasteiger partial charge in [-0.1, -0.05) is 12.1 Å². The molecule has 0 atom stereocenters. The van der Waals surface area contributed by atoms with E-state index in [2.05, 4.69) is 15.5 Å². The lowest BCUT2D eigenvalue weighted by Gasteiger charge is -2.13. The number of nitrogens with zero attached hydrogens (tertiary/aromatic N) is 1. The number of hydrogen-bond acceptors (Lipinski definition) is 2. The second-order valence-electron chi connectivity index (χ2n) is 4.36. The van der Waals surface area contributed by atoms with Crippen LogP contribution in [0.4, 0.5) is 4.39 Å². The van der Waals surface area contributed by atoms with Gasteiger partial charge in [-0.25, -0.2) is 4.39 Å². The summed E-state index contributed by atoms with van der Waals surface area (Å²) in [4.78, 5) is 2.09. The molecule has 1 aromatic carbocycles. The van der Waals surface area contributed by atoms with Gasteiger partial charge in [0.1, 0.15) is 5.82 Å². The van der Waals surface area contributed by atoms with E-state index in [9.17, 15) is 4.39 Å². The van der Waals surface area contributed by atoms with Crippen LogP contribution in [-0.2, 0) is 6.42 Å². The maximum absolute atomic E-state index is 12.7. The highest BCUT2D eigenvalue weighted by atomic mass is 32.1. The molecule has 0 spiro atoms. The Hall–Kier alpha value is -1.20. The average molecular weight is 269 g/mol. The van der Waals surface area contributed by atoms with Crippen molar-refractivity contribution in [2.45, 2.75) is 6.42 Å². The number of hydrogen-bond donors (Lipinski definition) is 2. The predicted molar refractivity (Wildman–Crippen MR) is 77.3 cm³/mol. The van der Waals surface area contributed by atoms with Crippen LogP contribution >= 0.6 is 12.2 Å². The second kappa shape index (κ2) is 8.00. The lowest BCUT2D eigenvalue weighted by atomic mass is 10.1. The van der Waals surface area contributed by atoms with E-state index in [1.165, 1.54) is 12.1 Å². The Balaban J connectivity index is 2.13. The highest BCUT2D eigenvalue weighted by molar-refractivity contribution is 7.80. The van der Waals surface area contributed by atoms with Crippen LogP contribution in [0.3, 0.4) is 0 Å². The summed E-state index contributed by atoms with van der Waals surface area (Å²) in [6, 6.07) is 6.53. The first-order chi connectivity index (χ1) is 8.58. The summed E-state index contributed by atoms with van der Waals surface area (Å²) in [5.74, 6) is -0.201. The molecule has 0 bridgehead atoms. The van der Waals surface area contributed by atoms with Gasteiger partial charge in [0.25, 0.3) is 0 Å². The van der Waals surface area contributed by atoms with E-state index in [1.54, 1.807) is 12.1 Å². The zero-order valence-electron chi connectivity index (χ0n) is 10.9. The number of likely N-dealkylation sites (N-methyl/N-ethyl adjacent to an activating group) is 1. The number of nitrogens with one attached hydrogen (secondary N) is 2. The van der Waals surface area contributed by atoms with E-state index in [-0.39, 0.29) is 5.82 Å². The Morgan fingerprint density at radius 2 is 1.78 bits per heavy atom. The van der Waals surface area contributed by atoms with Crippen LogP contribution in [0.5, 0.6) is 0 Å². The normalized spacial score (nSPS) is 10.4. The molecule has 1 aromatic rings. The summed E-state index contributed by atoms with van der Waals surface area (Å²) < 4.78 is 12.7. The molecule has 0 aliphatic heterocycles. The molecular weight excluding hydrogens is 249 g/mol. The van der Waals surface area contributed by atoms with Crippen molar-refractivity contribution in [1.82, 2.24) is 15.5 Å². The van der Waals surface area contributed by atoms with Crippen LogP contribution in [0.25, 0.3) is 0 Å². The zero-order valence-corrected chi connectivity index (χ0v) is 11.7. The molecule has 0 heterocycles. The van der Waals surface area contributed by atoms with Crippen LogP contribution in [0.1, 0.15) is 5.56 Å². The Kier molecular flexibility index (Phi) is 6.60. The standard InChI is InChI=1S/C13H20FN3S/c1-17(2)10-9-16-13(18)15-8-7-11-3-5-12(14)6-4-11/h3-6H,7-10H2,1-2H3,(H2,15,16,18). The number of halogens is 1. The van der Waals surface area contributed by atoms with Gasteiger partial charge in [0.15, 0.2) is 5.11 Å². The third kappa shape index (κ3) is 6.51. The van der Waals surface area contributed by atoms with Gasteiger partial charge in [0, 0.05) is 19.6 Å². The van der Waals surface area contributed by atoms with Gasteiger partial charge in [-0.05, 0) is 50.4 Å². The maximum Gasteiger partial charge on any atom is 0.166 e. The molecular formula is C13H20FN3S. The Morgan fingerprint density at radius 3 is 2.39 bits per heavy atom. The van der Waals surface area contributed by atoms with Gasteiger partial charge >= 0.3 is 0 Å². The average Bonchev–Trinajstić information content (AvgIpc) is 2.31. The maximum atomic E-state index is 12.7. The molecule has 0 unspecified atom stereocenters. The molecule has 100 valence electrons. The summed E-state index contributed by atoms with van der Waals surface area (Å²) in [5, 5.41) is 6.92. The minimum Gasteiger partial charge on any atom is -0.362 e. The van der Waals surface area contributed by atoms with Gasteiger partial charge in [0.05, 0.1) is 0 Å². The van der Waals surface area contributed by atoms with E-state index >= 15 is 0 Å². The van der Waals surface area contributed by atoms with E-state index in [1.807, 2.05) is 14.1 Å². The molecule has 0 aliphatic carbocycles. The van der Waals surface area contributed by atoms with Crippen LogP contribution < -0.4 is 10.6 Å². The highest BCUT2D eigenvalue weighted by Gasteiger charge is 1.97. The van der Waals surface area contributed by atoms with E-state index in [4.69, 9.17) is 12.2 Å². The molecule has 0 amide bonds. The van der Waals surface area contributed by atoms with Crippen molar-refractivity contribution in [2.24, 2.45) is 0 Å². The minimum atomic E-state index is -0.201. The Morgan fingerprint density at radius 1 is 1.17 bits per heavy atom. The first-order valence-corrected chi connectivity index (χ1v) is 6.39. The molecule has 0 aromatic heterocycles. The molecule has 1 rings (SSSR count). The van der Waals surface area contributed by atoms with E-state index in [0.29, 0.717) is 5.11 Å². The largest absolute Gasteiger partial charge is 0.362 e. The van der Waals surface area contributed by atoms with Gasteiger partial charge in [-0.15, -0.1) is 0 Å². The highest BCUT2D eigenvalue weighted by Crippen LogP contribution is 2.02. The summed E-state index contributed by atoms with van der Waals surface area (Å²) in [7, 11) is 4.04. The van der Waals surface area contributed by atoms with Gasteiger partial charge in [-0.2, -0.15) is 0 Å². The van der Waals surface area contributed by atoms with Crippen LogP contribution in [0.15, 0.2) is 24.3 Å². The van der Waals surface area contributed by atoms with Crippen molar-refractivity contribution < 1.29 is 4.39 Å². The van der Waals surface area contributed by atoms with Crippen molar-refractivity contribution in [1.29, 1.82) is 0 Å². The summed E-state index contributed by atoms with van der Waals surface area (Å²) in [6.07, 6.45) is 0.829. The molecule has 0 saturated carbocycles. The number of benzene rings is 1. The second-order valence-corrected chi connectivity index (χ2v) is 4.77. The quantitative estimate of drug-likeness (QED) is 0.763. The van der Waals surface area contributed by atoms with Crippen molar-refractivity contribution in [3.05, 3.63) is 35.6 Å². The predicted octanol–water partition coefficient (Wildman–Crippen LogP) is 1.39. The number of rotatable bonds is 6. The van der Waals surface area contributed by atoms with E-state index in [0.717, 1.165) is 31.6 Å². The molecule has 3 nitrogen and oxygen atoms in total. The van der Waals surface area contributed by atoms with Crippen LogP contribution in [-0.4, -0.2) is 43.7 Å². The lowest BCUT2D eigenvalue weighted by Crippen LogP contribution is -2.39. The van der Waals surface area contributed by atoms with Crippen molar-refractivity contribution >= 4 is 17.3 Å². The van der Waals surface area contributed by atoms with Crippen LogP contribution in [0.2, 0.25) is 0 Å². The third-order valence-corrected chi connectivity index (χ3v) is 2.75. The molecule has 0 radical (unpaired) electrons. The zero-order chi connectivity index (χ0) is 13.4. The fourth-order valence-corrected chi connectivity index (χ4v) is 1.63. The lowest BCUT2D eigenvalue weighted by molar-refractivity contribution is 0.412. The smallest absolute Gasteiger partial charge is 0.166 e. The first-order valence-electron chi connectivity index (χ1n) is 5.99. The monoisotopic (exact) mass is 269 g/mol. The first kappa shape index (κ1) is 14.9. The molecule has 18 heavy (non-hydrogen) atoms. The number of thiocarbonyl (C=S) groups is 1. The molecule has 0 saturated heterocycles. The molecule has 2 N–H and O–H groups in total. The Bertz CT molecular complexity index is 365. The Labute approximate surface area is 113 Å². The van der Waals surface area contributed by atoms with Crippen LogP contribution in [0, 0.1) is 5.82 Å². The topological polar surface area (TPSA) is 27.3 Å². The summed E-state index contributed by atoms with van der Waals surface area (Å²) in [5.41, 5.74) is 1.10. The molecule has 0 fully saturated rings. The summed E-state index contributed by atoms with van der Waals surface area (Å²) >= 11 is 5.14. The fourth-order valence-electron chi connectivity index (χ4n) is 1.43. The van der Waals surface area contributed by atoms with Gasteiger partial charge < -0.3 is 15.5 Å². The SMILES string of the molecule is CN(C)CCNC(=S)NCCc1ccc(F)cc1.